The van der Waals surface area contributed by atoms with Crippen molar-refractivity contribution in [1.82, 2.24) is 10.6 Å². The summed E-state index contributed by atoms with van der Waals surface area (Å²) in [5.41, 5.74) is 0. The van der Waals surface area contributed by atoms with Gasteiger partial charge in [-0.25, -0.2) is 0 Å². The second kappa shape index (κ2) is 7.07. The average Bonchev–Trinajstić information content (AvgIpc) is 2.86. The van der Waals surface area contributed by atoms with Gasteiger partial charge < -0.3 is 15.7 Å². The van der Waals surface area contributed by atoms with Gasteiger partial charge in [0, 0.05) is 19.0 Å². The van der Waals surface area contributed by atoms with Crippen molar-refractivity contribution in [3.05, 3.63) is 0 Å². The molecule has 0 aromatic rings. The molecule has 1 saturated carbocycles. The molecule has 2 rings (SSSR count). The van der Waals surface area contributed by atoms with Gasteiger partial charge in [0.05, 0.1) is 6.04 Å². The predicted molar refractivity (Wildman–Crippen MR) is 76.3 cm³/mol. The highest BCUT2D eigenvalue weighted by atomic mass is 16.4. The fraction of sp³-hybridized carbons (Fsp3) is 0.867. The van der Waals surface area contributed by atoms with E-state index >= 15 is 0 Å². The van der Waals surface area contributed by atoms with Crippen molar-refractivity contribution in [2.24, 2.45) is 11.8 Å². The zero-order valence-corrected chi connectivity index (χ0v) is 12.2. The number of hydrogen-bond donors (Lipinski definition) is 3. The van der Waals surface area contributed by atoms with Crippen LogP contribution < -0.4 is 10.6 Å². The zero-order valence-electron chi connectivity index (χ0n) is 12.2. The number of aliphatic carboxylic acids is 1. The number of carboxylic acid groups (broad SMARTS) is 1. The number of nitrogens with one attached hydrogen (secondary N) is 2. The number of hydrogen-bond acceptors (Lipinski definition) is 3. The van der Waals surface area contributed by atoms with E-state index in [4.69, 9.17) is 5.11 Å². The van der Waals surface area contributed by atoms with E-state index in [9.17, 15) is 9.59 Å². The molecule has 2 aliphatic rings. The van der Waals surface area contributed by atoms with E-state index in [0.29, 0.717) is 24.9 Å². The van der Waals surface area contributed by atoms with Gasteiger partial charge in [0.15, 0.2) is 0 Å². The Morgan fingerprint density at radius 1 is 1.35 bits per heavy atom. The monoisotopic (exact) mass is 282 g/mol. The van der Waals surface area contributed by atoms with Crippen molar-refractivity contribution < 1.29 is 14.7 Å². The van der Waals surface area contributed by atoms with E-state index in [-0.39, 0.29) is 24.3 Å². The Morgan fingerprint density at radius 3 is 2.80 bits per heavy atom. The van der Waals surface area contributed by atoms with Gasteiger partial charge in [0.1, 0.15) is 0 Å². The van der Waals surface area contributed by atoms with Crippen molar-refractivity contribution in [1.29, 1.82) is 0 Å². The maximum atomic E-state index is 12.1. The summed E-state index contributed by atoms with van der Waals surface area (Å²) in [5.74, 6) is 0.189. The Balaban J connectivity index is 1.68. The molecular formula is C15H26N2O3. The summed E-state index contributed by atoms with van der Waals surface area (Å²) in [6, 6.07) is 0.485. The van der Waals surface area contributed by atoms with Gasteiger partial charge in [0.2, 0.25) is 5.91 Å². The minimum atomic E-state index is -0.773. The summed E-state index contributed by atoms with van der Waals surface area (Å²) in [6.07, 6.45) is 6.75. The molecule has 0 bridgehead atoms. The summed E-state index contributed by atoms with van der Waals surface area (Å²) >= 11 is 0. The standard InChI is InChI=1S/C15H26N2O3/c1-10(6-7-14(18)19)9-16-15(20)13-8-11-4-2-3-5-12(11)17-13/h10-13,17H,2-9H2,1H3,(H,16,20)(H,18,19). The van der Waals surface area contributed by atoms with Gasteiger partial charge in [-0.15, -0.1) is 0 Å². The molecule has 1 aliphatic heterocycles. The van der Waals surface area contributed by atoms with E-state index in [1.807, 2.05) is 6.92 Å². The number of carbonyl (C=O) groups is 2. The van der Waals surface area contributed by atoms with E-state index < -0.39 is 5.97 Å². The van der Waals surface area contributed by atoms with Crippen LogP contribution in [0.15, 0.2) is 0 Å². The van der Waals surface area contributed by atoms with Crippen molar-refractivity contribution >= 4 is 11.9 Å². The highest BCUT2D eigenvalue weighted by molar-refractivity contribution is 5.82. The molecule has 0 aromatic heterocycles. The van der Waals surface area contributed by atoms with Gasteiger partial charge >= 0.3 is 5.97 Å². The minimum absolute atomic E-state index is 0.0465. The Kier molecular flexibility index (Phi) is 5.40. The summed E-state index contributed by atoms with van der Waals surface area (Å²) in [7, 11) is 0. The van der Waals surface area contributed by atoms with Gasteiger partial charge in [0.25, 0.3) is 0 Å². The lowest BCUT2D eigenvalue weighted by atomic mass is 9.85. The van der Waals surface area contributed by atoms with Crippen LogP contribution in [0.5, 0.6) is 0 Å². The average molecular weight is 282 g/mol. The van der Waals surface area contributed by atoms with Gasteiger partial charge in [-0.05, 0) is 37.5 Å². The number of carboxylic acids is 1. The molecule has 20 heavy (non-hydrogen) atoms. The molecule has 4 unspecified atom stereocenters. The van der Waals surface area contributed by atoms with Crippen molar-refractivity contribution in [3.8, 4) is 0 Å². The molecule has 3 N–H and O–H groups in total. The Labute approximate surface area is 120 Å². The molecule has 114 valence electrons. The van der Waals surface area contributed by atoms with Crippen LogP contribution in [0.2, 0.25) is 0 Å². The molecule has 5 heteroatoms. The highest BCUT2D eigenvalue weighted by Crippen LogP contribution is 2.33. The lowest BCUT2D eigenvalue weighted by molar-refractivity contribution is -0.137. The molecule has 1 aliphatic carbocycles. The first-order valence-corrected chi connectivity index (χ1v) is 7.82. The van der Waals surface area contributed by atoms with Crippen LogP contribution in [-0.2, 0) is 9.59 Å². The molecule has 4 atom stereocenters. The Morgan fingerprint density at radius 2 is 2.10 bits per heavy atom. The quantitative estimate of drug-likeness (QED) is 0.690. The number of rotatable bonds is 6. The normalized spacial score (nSPS) is 30.6. The predicted octanol–water partition coefficient (Wildman–Crippen LogP) is 1.52. The van der Waals surface area contributed by atoms with Gasteiger partial charge in [-0.3, -0.25) is 9.59 Å². The zero-order chi connectivity index (χ0) is 14.5. The largest absolute Gasteiger partial charge is 0.481 e. The summed E-state index contributed by atoms with van der Waals surface area (Å²) in [4.78, 5) is 22.6. The first-order valence-electron chi connectivity index (χ1n) is 7.82. The maximum Gasteiger partial charge on any atom is 0.303 e. The van der Waals surface area contributed by atoms with Gasteiger partial charge in [-0.1, -0.05) is 19.8 Å². The first kappa shape index (κ1) is 15.3. The lowest BCUT2D eigenvalue weighted by Crippen LogP contribution is -2.44. The van der Waals surface area contributed by atoms with Crippen LogP contribution in [-0.4, -0.2) is 35.6 Å². The molecule has 1 amide bonds. The third-order valence-electron chi connectivity index (χ3n) is 4.66. The molecule has 1 heterocycles. The van der Waals surface area contributed by atoms with Crippen LogP contribution in [0.3, 0.4) is 0 Å². The number of carbonyl (C=O) groups excluding carboxylic acids is 1. The minimum Gasteiger partial charge on any atom is -0.481 e. The number of amides is 1. The van der Waals surface area contributed by atoms with E-state index in [1.165, 1.54) is 25.7 Å². The topological polar surface area (TPSA) is 78.4 Å². The van der Waals surface area contributed by atoms with Crippen molar-refractivity contribution in [2.75, 3.05) is 6.54 Å². The van der Waals surface area contributed by atoms with Crippen LogP contribution >= 0.6 is 0 Å². The number of fused-ring (bicyclic) bond motifs is 1. The summed E-state index contributed by atoms with van der Waals surface area (Å²) in [5, 5.41) is 15.1. The first-order chi connectivity index (χ1) is 9.56. The van der Waals surface area contributed by atoms with Crippen LogP contribution in [0.4, 0.5) is 0 Å². The van der Waals surface area contributed by atoms with Crippen LogP contribution in [0.1, 0.15) is 51.9 Å². The molecule has 2 fully saturated rings. The summed E-state index contributed by atoms with van der Waals surface area (Å²) in [6.45, 7) is 2.55. The molecule has 0 radical (unpaired) electrons. The molecular weight excluding hydrogens is 256 g/mol. The molecule has 0 spiro atoms. The second-order valence-corrected chi connectivity index (χ2v) is 6.39. The van der Waals surface area contributed by atoms with E-state index in [0.717, 1.165) is 6.42 Å². The van der Waals surface area contributed by atoms with Crippen LogP contribution in [0, 0.1) is 11.8 Å². The Bertz CT molecular complexity index is 345. The van der Waals surface area contributed by atoms with E-state index in [2.05, 4.69) is 10.6 Å². The van der Waals surface area contributed by atoms with Gasteiger partial charge in [-0.2, -0.15) is 0 Å². The van der Waals surface area contributed by atoms with E-state index in [1.54, 1.807) is 0 Å². The molecule has 0 aromatic carbocycles. The third kappa shape index (κ3) is 4.20. The van der Waals surface area contributed by atoms with Crippen LogP contribution in [0.25, 0.3) is 0 Å². The van der Waals surface area contributed by atoms with Crippen molar-refractivity contribution in [3.63, 3.8) is 0 Å². The lowest BCUT2D eigenvalue weighted by Gasteiger charge is -2.24. The molecule has 5 nitrogen and oxygen atoms in total. The summed E-state index contributed by atoms with van der Waals surface area (Å²) < 4.78 is 0. The SMILES string of the molecule is CC(CCC(=O)O)CNC(=O)C1CC2CCCCC2N1. The molecule has 1 saturated heterocycles. The van der Waals surface area contributed by atoms with Crippen molar-refractivity contribution in [2.45, 2.75) is 64.0 Å². The second-order valence-electron chi connectivity index (χ2n) is 6.39. The highest BCUT2D eigenvalue weighted by Gasteiger charge is 2.38. The smallest absolute Gasteiger partial charge is 0.303 e. The third-order valence-corrected chi connectivity index (χ3v) is 4.66. The fourth-order valence-electron chi connectivity index (χ4n) is 3.39. The Hall–Kier alpha value is -1.10. The fourth-order valence-corrected chi connectivity index (χ4v) is 3.39. The maximum absolute atomic E-state index is 12.1.